The summed E-state index contributed by atoms with van der Waals surface area (Å²) in [5.74, 6) is -0.224. The van der Waals surface area contributed by atoms with Crippen LogP contribution >= 0.6 is 0 Å². The van der Waals surface area contributed by atoms with E-state index in [4.69, 9.17) is 9.47 Å². The topological polar surface area (TPSA) is 64.6 Å². The summed E-state index contributed by atoms with van der Waals surface area (Å²) >= 11 is 0. The van der Waals surface area contributed by atoms with E-state index in [2.05, 4.69) is 5.32 Å². The lowest BCUT2D eigenvalue weighted by Gasteiger charge is -2.34. The first-order valence-electron chi connectivity index (χ1n) is 12.8. The number of benzene rings is 3. The van der Waals surface area contributed by atoms with Gasteiger partial charge in [-0.25, -0.2) is 4.79 Å². The lowest BCUT2D eigenvalue weighted by Crippen LogP contribution is -2.34. The summed E-state index contributed by atoms with van der Waals surface area (Å²) in [6.07, 6.45) is 2.67. The van der Waals surface area contributed by atoms with Gasteiger partial charge in [0.05, 0.1) is 18.1 Å². The number of rotatable bonds is 8. The Morgan fingerprint density at radius 2 is 1.57 bits per heavy atom. The standard InChI is InChI=1S/C32H31NO4/c1-22-29(32(35)36-20-19-23-11-4-2-5-12-23)30(31-26(33-22)16-10-17-27(31)34)25-15-8-9-18-28(25)37-21-24-13-6-3-7-14-24/h2-9,11-15,18,30,33H,10,16-17,19-21H2,1H3/t30-/m0/s1. The molecule has 5 heteroatoms. The molecule has 0 saturated heterocycles. The fourth-order valence-corrected chi connectivity index (χ4v) is 5.13. The first-order chi connectivity index (χ1) is 18.1. The smallest absolute Gasteiger partial charge is 0.336 e. The van der Waals surface area contributed by atoms with Crippen molar-refractivity contribution < 1.29 is 19.1 Å². The summed E-state index contributed by atoms with van der Waals surface area (Å²) in [6, 6.07) is 27.6. The molecular formula is C32H31NO4. The molecule has 0 saturated carbocycles. The van der Waals surface area contributed by atoms with E-state index in [1.807, 2.05) is 91.9 Å². The van der Waals surface area contributed by atoms with Gasteiger partial charge >= 0.3 is 5.97 Å². The van der Waals surface area contributed by atoms with E-state index in [1.165, 1.54) is 0 Å². The van der Waals surface area contributed by atoms with Crippen molar-refractivity contribution in [3.8, 4) is 5.75 Å². The summed E-state index contributed by atoms with van der Waals surface area (Å²) in [4.78, 5) is 26.8. The molecule has 3 aromatic rings. The average Bonchev–Trinajstić information content (AvgIpc) is 2.92. The van der Waals surface area contributed by atoms with Gasteiger partial charge in [0.2, 0.25) is 0 Å². The first-order valence-corrected chi connectivity index (χ1v) is 12.8. The van der Waals surface area contributed by atoms with E-state index in [0.29, 0.717) is 36.3 Å². The number of dihydropyridines is 1. The number of hydrogen-bond acceptors (Lipinski definition) is 5. The lowest BCUT2D eigenvalue weighted by atomic mass is 9.75. The number of carbonyl (C=O) groups is 2. The van der Waals surface area contributed by atoms with Crippen molar-refractivity contribution in [2.75, 3.05) is 6.61 Å². The molecule has 1 aliphatic heterocycles. The third-order valence-electron chi connectivity index (χ3n) is 6.93. The van der Waals surface area contributed by atoms with Crippen LogP contribution < -0.4 is 10.1 Å². The number of esters is 1. The molecule has 1 aliphatic carbocycles. The Kier molecular flexibility index (Phi) is 7.50. The zero-order chi connectivity index (χ0) is 25.6. The second-order valence-corrected chi connectivity index (χ2v) is 9.45. The van der Waals surface area contributed by atoms with Crippen molar-refractivity contribution >= 4 is 11.8 Å². The van der Waals surface area contributed by atoms with Crippen LogP contribution in [0.15, 0.2) is 107 Å². The average molecular weight is 494 g/mol. The molecule has 0 fully saturated rings. The van der Waals surface area contributed by atoms with Crippen LogP contribution in [0, 0.1) is 0 Å². The molecule has 0 radical (unpaired) electrons. The van der Waals surface area contributed by atoms with Crippen molar-refractivity contribution in [1.82, 2.24) is 5.32 Å². The molecule has 0 amide bonds. The van der Waals surface area contributed by atoms with E-state index in [-0.39, 0.29) is 12.4 Å². The van der Waals surface area contributed by atoms with E-state index in [0.717, 1.165) is 40.9 Å². The monoisotopic (exact) mass is 493 g/mol. The lowest BCUT2D eigenvalue weighted by molar-refractivity contribution is -0.139. The number of hydrogen-bond donors (Lipinski definition) is 1. The highest BCUT2D eigenvalue weighted by Gasteiger charge is 2.40. The van der Waals surface area contributed by atoms with Crippen molar-refractivity contribution in [1.29, 1.82) is 0 Å². The fraction of sp³-hybridized carbons (Fsp3) is 0.250. The predicted octanol–water partition coefficient (Wildman–Crippen LogP) is 6.02. The zero-order valence-corrected chi connectivity index (χ0v) is 21.0. The number of ether oxygens (including phenoxy) is 2. The summed E-state index contributed by atoms with van der Waals surface area (Å²) in [5, 5.41) is 3.36. The van der Waals surface area contributed by atoms with Crippen molar-refractivity contribution in [2.24, 2.45) is 0 Å². The van der Waals surface area contributed by atoms with Crippen LogP contribution in [-0.2, 0) is 27.4 Å². The molecule has 1 N–H and O–H groups in total. The van der Waals surface area contributed by atoms with Gasteiger partial charge in [0.25, 0.3) is 0 Å². The largest absolute Gasteiger partial charge is 0.489 e. The van der Waals surface area contributed by atoms with Gasteiger partial charge in [-0.3, -0.25) is 4.79 Å². The second kappa shape index (κ2) is 11.3. The maximum Gasteiger partial charge on any atom is 0.336 e. The van der Waals surface area contributed by atoms with Gasteiger partial charge in [-0.05, 0) is 37.0 Å². The van der Waals surface area contributed by atoms with E-state index in [1.54, 1.807) is 0 Å². The van der Waals surface area contributed by atoms with Crippen LogP contribution in [0.5, 0.6) is 5.75 Å². The number of para-hydroxylation sites is 1. The van der Waals surface area contributed by atoms with Gasteiger partial charge in [0, 0.05) is 35.4 Å². The Hall–Kier alpha value is -4.12. The number of nitrogens with one attached hydrogen (secondary N) is 1. The van der Waals surface area contributed by atoms with Crippen LogP contribution in [0.1, 0.15) is 48.8 Å². The van der Waals surface area contributed by atoms with Crippen molar-refractivity contribution in [3.63, 3.8) is 0 Å². The molecule has 0 aromatic heterocycles. The summed E-state index contributed by atoms with van der Waals surface area (Å²) < 4.78 is 12.0. The van der Waals surface area contributed by atoms with Crippen molar-refractivity contribution in [3.05, 3.63) is 124 Å². The summed E-state index contributed by atoms with van der Waals surface area (Å²) in [7, 11) is 0. The molecule has 5 nitrogen and oxygen atoms in total. The summed E-state index contributed by atoms with van der Waals surface area (Å²) in [5.41, 5.74) is 5.70. The summed E-state index contributed by atoms with van der Waals surface area (Å²) in [6.45, 7) is 2.54. The van der Waals surface area contributed by atoms with E-state index in [9.17, 15) is 9.59 Å². The first kappa shape index (κ1) is 24.6. The minimum absolute atomic E-state index is 0.0682. The van der Waals surface area contributed by atoms with Gasteiger partial charge in [-0.15, -0.1) is 0 Å². The number of ketones is 1. The van der Waals surface area contributed by atoms with Crippen LogP contribution in [-0.4, -0.2) is 18.4 Å². The molecule has 188 valence electrons. The van der Waals surface area contributed by atoms with E-state index >= 15 is 0 Å². The normalized spacial score (nSPS) is 17.2. The van der Waals surface area contributed by atoms with Crippen LogP contribution in [0.4, 0.5) is 0 Å². The molecule has 1 atom stereocenters. The number of allylic oxidation sites excluding steroid dienone is 3. The van der Waals surface area contributed by atoms with Gasteiger partial charge in [-0.2, -0.15) is 0 Å². The molecule has 0 spiro atoms. The van der Waals surface area contributed by atoms with Crippen molar-refractivity contribution in [2.45, 2.75) is 45.1 Å². The Morgan fingerprint density at radius 1 is 0.892 bits per heavy atom. The Balaban J connectivity index is 1.46. The van der Waals surface area contributed by atoms with Crippen LogP contribution in [0.2, 0.25) is 0 Å². The number of carbonyl (C=O) groups excluding carboxylic acids is 2. The molecule has 2 aliphatic rings. The Bertz CT molecular complexity index is 1340. The predicted molar refractivity (Wildman–Crippen MR) is 143 cm³/mol. The van der Waals surface area contributed by atoms with E-state index < -0.39 is 11.9 Å². The van der Waals surface area contributed by atoms with Gasteiger partial charge in [0.15, 0.2) is 5.78 Å². The van der Waals surface area contributed by atoms with Gasteiger partial charge in [0.1, 0.15) is 12.4 Å². The van der Waals surface area contributed by atoms with Crippen LogP contribution in [0.25, 0.3) is 0 Å². The molecule has 37 heavy (non-hydrogen) atoms. The van der Waals surface area contributed by atoms with Gasteiger partial charge in [-0.1, -0.05) is 78.9 Å². The SMILES string of the molecule is CC1=C(C(=O)OCCc2ccccc2)[C@H](c2ccccc2OCc2ccccc2)C2=C(CCCC2=O)N1. The molecule has 0 unspecified atom stereocenters. The molecule has 1 heterocycles. The number of Topliss-reactive ketones (excluding diaryl/α,β-unsaturated/α-hetero) is 1. The maximum atomic E-state index is 13.6. The highest BCUT2D eigenvalue weighted by molar-refractivity contribution is 6.04. The maximum absolute atomic E-state index is 13.6. The highest BCUT2D eigenvalue weighted by Crippen LogP contribution is 2.45. The minimum atomic E-state index is -0.541. The van der Waals surface area contributed by atoms with Crippen LogP contribution in [0.3, 0.4) is 0 Å². The Morgan fingerprint density at radius 3 is 2.32 bits per heavy atom. The molecule has 0 bridgehead atoms. The zero-order valence-electron chi connectivity index (χ0n) is 21.0. The minimum Gasteiger partial charge on any atom is -0.489 e. The molecular weight excluding hydrogens is 462 g/mol. The fourth-order valence-electron chi connectivity index (χ4n) is 5.13. The third kappa shape index (κ3) is 5.51. The second-order valence-electron chi connectivity index (χ2n) is 9.45. The molecule has 3 aromatic carbocycles. The highest BCUT2D eigenvalue weighted by atomic mass is 16.5. The quantitative estimate of drug-likeness (QED) is 0.389. The Labute approximate surface area is 217 Å². The third-order valence-corrected chi connectivity index (χ3v) is 6.93. The molecule has 5 rings (SSSR count). The van der Waals surface area contributed by atoms with Gasteiger partial charge < -0.3 is 14.8 Å².